The molecule has 0 saturated heterocycles. The summed E-state index contributed by atoms with van der Waals surface area (Å²) in [4.78, 5) is 18.2. The molecule has 2 N–H and O–H groups in total. The number of fused-ring (bicyclic) bond motifs is 1. The monoisotopic (exact) mass is 370 g/mol. The second-order valence-electron chi connectivity index (χ2n) is 6.44. The van der Waals surface area contributed by atoms with Gasteiger partial charge in [-0.25, -0.2) is 4.79 Å². The number of rotatable bonds is 7. The number of carbonyl (C=O) groups excluding carboxylic acids is 1. The molecule has 2 amide bonds. The number of benzene rings is 1. The van der Waals surface area contributed by atoms with Crippen molar-refractivity contribution in [2.24, 2.45) is 0 Å². The maximum Gasteiger partial charge on any atom is 0.317 e. The molecule has 0 aliphatic carbocycles. The van der Waals surface area contributed by atoms with Crippen molar-refractivity contribution in [3.63, 3.8) is 0 Å². The zero-order valence-corrected chi connectivity index (χ0v) is 15.8. The zero-order chi connectivity index (χ0) is 19.1. The van der Waals surface area contributed by atoms with E-state index in [1.165, 1.54) is 0 Å². The third-order valence-electron chi connectivity index (χ3n) is 4.57. The number of hydrogen-bond donors (Lipinski definition) is 2. The van der Waals surface area contributed by atoms with E-state index in [1.54, 1.807) is 24.3 Å². The van der Waals surface area contributed by atoms with Gasteiger partial charge in [0.05, 0.1) is 11.7 Å². The van der Waals surface area contributed by atoms with Gasteiger partial charge in [-0.3, -0.25) is 4.98 Å². The molecule has 144 valence electrons. The summed E-state index contributed by atoms with van der Waals surface area (Å²) >= 11 is 0. The number of ether oxygens (including phenoxy) is 2. The van der Waals surface area contributed by atoms with Crippen LogP contribution in [0.5, 0.6) is 11.5 Å². The Hall–Kier alpha value is -2.96. The van der Waals surface area contributed by atoms with Crippen molar-refractivity contribution in [3.05, 3.63) is 48.3 Å². The first-order chi connectivity index (χ1) is 13.1. The molecule has 27 heavy (non-hydrogen) atoms. The summed E-state index contributed by atoms with van der Waals surface area (Å²) < 4.78 is 11.2. The van der Waals surface area contributed by atoms with E-state index < -0.39 is 0 Å². The third kappa shape index (κ3) is 5.03. The quantitative estimate of drug-likeness (QED) is 0.733. The van der Waals surface area contributed by atoms with Crippen molar-refractivity contribution in [3.8, 4) is 11.5 Å². The molecule has 0 bridgehead atoms. The molecule has 0 saturated carbocycles. The normalized spacial score (nSPS) is 13.6. The van der Waals surface area contributed by atoms with Crippen LogP contribution in [0, 0.1) is 0 Å². The average molecular weight is 370 g/mol. The molecule has 2 heterocycles. The number of aromatic nitrogens is 1. The summed E-state index contributed by atoms with van der Waals surface area (Å²) in [7, 11) is 1.80. The maximum absolute atomic E-state index is 12.4. The van der Waals surface area contributed by atoms with Gasteiger partial charge in [-0.15, -0.1) is 0 Å². The van der Waals surface area contributed by atoms with Crippen LogP contribution in [-0.4, -0.2) is 49.3 Å². The lowest BCUT2D eigenvalue weighted by Gasteiger charge is -2.27. The Labute approximate surface area is 159 Å². The fourth-order valence-corrected chi connectivity index (χ4v) is 2.83. The molecule has 1 unspecified atom stereocenters. The molecular formula is C20H26N4O3. The lowest BCUT2D eigenvalue weighted by Crippen LogP contribution is -2.39. The first kappa shape index (κ1) is 18.8. The van der Waals surface area contributed by atoms with E-state index in [0.717, 1.165) is 35.7 Å². The van der Waals surface area contributed by atoms with Gasteiger partial charge < -0.3 is 25.0 Å². The van der Waals surface area contributed by atoms with Crippen molar-refractivity contribution in [2.45, 2.75) is 19.4 Å². The van der Waals surface area contributed by atoms with E-state index in [1.807, 2.05) is 37.3 Å². The van der Waals surface area contributed by atoms with E-state index >= 15 is 0 Å². The number of urea groups is 1. The minimum Gasteiger partial charge on any atom is -0.486 e. The number of anilines is 1. The van der Waals surface area contributed by atoms with Crippen LogP contribution < -0.4 is 20.1 Å². The second-order valence-corrected chi connectivity index (χ2v) is 6.44. The smallest absolute Gasteiger partial charge is 0.317 e. The maximum atomic E-state index is 12.4. The van der Waals surface area contributed by atoms with Gasteiger partial charge in [0, 0.05) is 32.5 Å². The van der Waals surface area contributed by atoms with E-state index in [4.69, 9.17) is 9.47 Å². The first-order valence-corrected chi connectivity index (χ1v) is 9.19. The van der Waals surface area contributed by atoms with Gasteiger partial charge in [0.15, 0.2) is 11.5 Å². The number of amides is 2. The van der Waals surface area contributed by atoms with Gasteiger partial charge in [0.2, 0.25) is 0 Å². The summed E-state index contributed by atoms with van der Waals surface area (Å²) in [6, 6.07) is 9.50. The summed E-state index contributed by atoms with van der Waals surface area (Å²) in [6.45, 7) is 4.49. The average Bonchev–Trinajstić information content (AvgIpc) is 2.72. The Morgan fingerprint density at radius 1 is 1.22 bits per heavy atom. The van der Waals surface area contributed by atoms with Gasteiger partial charge >= 0.3 is 6.03 Å². The highest BCUT2D eigenvalue weighted by molar-refractivity contribution is 5.74. The Morgan fingerprint density at radius 2 is 2.04 bits per heavy atom. The zero-order valence-electron chi connectivity index (χ0n) is 15.8. The topological polar surface area (TPSA) is 75.7 Å². The summed E-state index contributed by atoms with van der Waals surface area (Å²) in [5.74, 6) is 1.49. The summed E-state index contributed by atoms with van der Waals surface area (Å²) in [5, 5.41) is 6.23. The Balaban J connectivity index is 1.44. The highest BCUT2D eigenvalue weighted by Gasteiger charge is 2.20. The highest BCUT2D eigenvalue weighted by atomic mass is 16.6. The minimum absolute atomic E-state index is 0.0747. The number of pyridine rings is 1. The van der Waals surface area contributed by atoms with Crippen LogP contribution in [0.15, 0.2) is 42.7 Å². The molecule has 0 radical (unpaired) electrons. The van der Waals surface area contributed by atoms with Crippen molar-refractivity contribution >= 4 is 11.7 Å². The lowest BCUT2D eigenvalue weighted by atomic mass is 10.1. The van der Waals surface area contributed by atoms with E-state index in [2.05, 4.69) is 15.6 Å². The van der Waals surface area contributed by atoms with E-state index in [9.17, 15) is 4.79 Å². The van der Waals surface area contributed by atoms with Crippen LogP contribution in [0.4, 0.5) is 10.5 Å². The summed E-state index contributed by atoms with van der Waals surface area (Å²) in [5.41, 5.74) is 1.99. The fraction of sp³-hybridized carbons (Fsp3) is 0.400. The summed E-state index contributed by atoms with van der Waals surface area (Å²) in [6.07, 6.45) is 4.35. The molecule has 1 atom stereocenters. The van der Waals surface area contributed by atoms with Crippen molar-refractivity contribution in [2.75, 3.05) is 38.7 Å². The Morgan fingerprint density at radius 3 is 2.81 bits per heavy atom. The van der Waals surface area contributed by atoms with Crippen molar-refractivity contribution in [1.82, 2.24) is 15.2 Å². The van der Waals surface area contributed by atoms with E-state index in [-0.39, 0.29) is 12.1 Å². The van der Waals surface area contributed by atoms with Crippen LogP contribution in [0.1, 0.15) is 24.9 Å². The first-order valence-electron chi connectivity index (χ1n) is 9.19. The number of nitrogens with zero attached hydrogens (tertiary/aromatic N) is 2. The number of nitrogens with one attached hydrogen (secondary N) is 2. The van der Waals surface area contributed by atoms with Crippen molar-refractivity contribution < 1.29 is 14.3 Å². The molecule has 1 aromatic carbocycles. The van der Waals surface area contributed by atoms with Crippen LogP contribution >= 0.6 is 0 Å². The minimum atomic E-state index is -0.0984. The van der Waals surface area contributed by atoms with Gasteiger partial charge in [-0.1, -0.05) is 6.07 Å². The third-order valence-corrected chi connectivity index (χ3v) is 4.57. The van der Waals surface area contributed by atoms with Crippen LogP contribution in [0.25, 0.3) is 0 Å². The van der Waals surface area contributed by atoms with Gasteiger partial charge in [0.25, 0.3) is 0 Å². The fourth-order valence-electron chi connectivity index (χ4n) is 2.83. The predicted molar refractivity (Wildman–Crippen MR) is 104 cm³/mol. The number of hydrogen-bond acceptors (Lipinski definition) is 5. The number of carbonyl (C=O) groups is 1. The lowest BCUT2D eigenvalue weighted by molar-refractivity contribution is 0.170. The van der Waals surface area contributed by atoms with Crippen LogP contribution in [0.3, 0.4) is 0 Å². The van der Waals surface area contributed by atoms with Gasteiger partial charge in [-0.05, 0) is 43.2 Å². The highest BCUT2D eigenvalue weighted by Crippen LogP contribution is 2.33. The predicted octanol–water partition coefficient (Wildman–Crippen LogP) is 3.06. The molecule has 3 rings (SSSR count). The SMILES string of the molecule is CC(c1ccc2c(c1)OCCO2)N(C)C(=O)NCCCNc1cccnc1. The van der Waals surface area contributed by atoms with Gasteiger partial charge in [0.1, 0.15) is 13.2 Å². The molecule has 2 aromatic rings. The molecular weight excluding hydrogens is 344 g/mol. The Kier molecular flexibility index (Phi) is 6.35. The van der Waals surface area contributed by atoms with Gasteiger partial charge in [-0.2, -0.15) is 0 Å². The van der Waals surface area contributed by atoms with Crippen molar-refractivity contribution in [1.29, 1.82) is 0 Å². The molecule has 0 spiro atoms. The molecule has 1 aliphatic rings. The molecule has 7 heteroatoms. The van der Waals surface area contributed by atoms with E-state index in [0.29, 0.717) is 19.8 Å². The molecule has 1 aliphatic heterocycles. The Bertz CT molecular complexity index is 754. The molecule has 7 nitrogen and oxygen atoms in total. The standard InChI is InChI=1S/C20H26N4O3/c1-15(16-6-7-18-19(13-16)27-12-11-26-18)24(2)20(25)23-10-4-9-22-17-5-3-8-21-14-17/h3,5-8,13-15,22H,4,9-12H2,1-2H3,(H,23,25). The second kappa shape index (κ2) is 9.12. The molecule has 1 aromatic heterocycles. The molecule has 0 fully saturated rings. The van der Waals surface area contributed by atoms with Crippen LogP contribution in [-0.2, 0) is 0 Å². The van der Waals surface area contributed by atoms with Crippen LogP contribution in [0.2, 0.25) is 0 Å². The largest absolute Gasteiger partial charge is 0.486 e.